The fourth-order valence-corrected chi connectivity index (χ4v) is 2.84. The van der Waals surface area contributed by atoms with E-state index in [4.69, 9.17) is 14.7 Å². The molecule has 0 aliphatic carbocycles. The summed E-state index contributed by atoms with van der Waals surface area (Å²) < 4.78 is 50.7. The number of nitriles is 1. The number of methoxy groups -OCH3 is 1. The lowest BCUT2D eigenvalue weighted by Gasteiger charge is -2.28. The van der Waals surface area contributed by atoms with Crippen LogP contribution in [0.4, 0.5) is 18.9 Å². The quantitative estimate of drug-likeness (QED) is 0.911. The summed E-state index contributed by atoms with van der Waals surface area (Å²) in [5, 5.41) is 11.7. The number of fused-ring (bicyclic) bond motifs is 1. The lowest BCUT2D eigenvalue weighted by molar-refractivity contribution is -0.137. The Morgan fingerprint density at radius 2 is 2.08 bits per heavy atom. The van der Waals surface area contributed by atoms with Gasteiger partial charge in [-0.3, -0.25) is 0 Å². The van der Waals surface area contributed by atoms with Gasteiger partial charge in [-0.25, -0.2) is 0 Å². The van der Waals surface area contributed by atoms with Crippen LogP contribution in [0.25, 0.3) is 0 Å². The molecule has 0 amide bonds. The van der Waals surface area contributed by atoms with Gasteiger partial charge in [-0.1, -0.05) is 12.1 Å². The molecule has 1 aliphatic heterocycles. The van der Waals surface area contributed by atoms with Crippen molar-refractivity contribution in [1.82, 2.24) is 0 Å². The first kappa shape index (κ1) is 17.0. The van der Waals surface area contributed by atoms with Crippen LogP contribution in [-0.4, -0.2) is 19.8 Å². The Balaban J connectivity index is 1.85. The van der Waals surface area contributed by atoms with Crippen LogP contribution in [0.5, 0.6) is 11.5 Å². The van der Waals surface area contributed by atoms with Crippen LogP contribution >= 0.6 is 0 Å². The fraction of sp³-hybridized carbons (Fsp3) is 0.278. The zero-order chi connectivity index (χ0) is 18.0. The number of para-hydroxylation sites is 1. The van der Waals surface area contributed by atoms with Crippen LogP contribution in [0, 0.1) is 11.3 Å². The van der Waals surface area contributed by atoms with E-state index >= 15 is 0 Å². The van der Waals surface area contributed by atoms with Crippen molar-refractivity contribution in [3.05, 3.63) is 53.1 Å². The van der Waals surface area contributed by atoms with Gasteiger partial charge in [-0.15, -0.1) is 0 Å². The molecule has 3 rings (SSSR count). The molecule has 4 nitrogen and oxygen atoms in total. The molecule has 25 heavy (non-hydrogen) atoms. The van der Waals surface area contributed by atoms with Crippen LogP contribution in [0.3, 0.4) is 0 Å². The number of nitrogens with one attached hydrogen (secondary N) is 1. The molecule has 0 spiro atoms. The Labute approximate surface area is 142 Å². The number of anilines is 1. The second-order valence-electron chi connectivity index (χ2n) is 5.67. The monoisotopic (exact) mass is 348 g/mol. The third-order valence-electron chi connectivity index (χ3n) is 3.99. The number of alkyl halides is 3. The molecule has 0 aromatic heterocycles. The van der Waals surface area contributed by atoms with Gasteiger partial charge in [0.2, 0.25) is 0 Å². The summed E-state index contributed by atoms with van der Waals surface area (Å²) in [4.78, 5) is 0. The van der Waals surface area contributed by atoms with Crippen LogP contribution in [-0.2, 0) is 12.6 Å². The van der Waals surface area contributed by atoms with E-state index in [1.54, 1.807) is 12.1 Å². The van der Waals surface area contributed by atoms with Crippen LogP contribution in [0.15, 0.2) is 36.4 Å². The SMILES string of the molecule is COc1cccc2c1OC[C@H](Nc1ccc(C#N)cc1C(F)(F)F)C2. The summed E-state index contributed by atoms with van der Waals surface area (Å²) in [6, 6.07) is 10.3. The molecular weight excluding hydrogens is 333 g/mol. The van der Waals surface area contributed by atoms with Gasteiger partial charge in [0.05, 0.1) is 30.3 Å². The molecule has 0 saturated heterocycles. The van der Waals surface area contributed by atoms with Crippen LogP contribution in [0.2, 0.25) is 0 Å². The number of benzene rings is 2. The zero-order valence-corrected chi connectivity index (χ0v) is 13.4. The van der Waals surface area contributed by atoms with Crippen molar-refractivity contribution in [3.8, 4) is 17.6 Å². The second kappa shape index (κ2) is 6.55. The number of halogens is 3. The van der Waals surface area contributed by atoms with Gasteiger partial charge in [-0.2, -0.15) is 18.4 Å². The Hall–Kier alpha value is -2.88. The summed E-state index contributed by atoms with van der Waals surface area (Å²) >= 11 is 0. The summed E-state index contributed by atoms with van der Waals surface area (Å²) in [7, 11) is 1.54. The Morgan fingerprint density at radius 1 is 1.28 bits per heavy atom. The van der Waals surface area contributed by atoms with Crippen LogP contribution < -0.4 is 14.8 Å². The van der Waals surface area contributed by atoms with E-state index in [0.29, 0.717) is 17.9 Å². The van der Waals surface area contributed by atoms with E-state index in [2.05, 4.69) is 5.32 Å². The van der Waals surface area contributed by atoms with Gasteiger partial charge >= 0.3 is 6.18 Å². The van der Waals surface area contributed by atoms with E-state index in [1.165, 1.54) is 19.2 Å². The van der Waals surface area contributed by atoms with E-state index in [9.17, 15) is 13.2 Å². The van der Waals surface area contributed by atoms with E-state index < -0.39 is 11.7 Å². The highest BCUT2D eigenvalue weighted by Crippen LogP contribution is 2.38. The van der Waals surface area contributed by atoms with Crippen molar-refractivity contribution in [2.45, 2.75) is 18.6 Å². The standard InChI is InChI=1S/C18H15F3N2O2/c1-24-16-4-2-3-12-8-13(10-25-17(12)16)23-15-6-5-11(9-22)7-14(15)18(19,20)21/h2-7,13,23H,8,10H2,1H3/t13-/m1/s1. The molecule has 2 aromatic carbocycles. The molecule has 0 fully saturated rings. The third-order valence-corrected chi connectivity index (χ3v) is 3.99. The van der Waals surface area contributed by atoms with Crippen molar-refractivity contribution >= 4 is 5.69 Å². The molecule has 130 valence electrons. The maximum absolute atomic E-state index is 13.3. The van der Waals surface area contributed by atoms with Gasteiger partial charge in [0.15, 0.2) is 11.5 Å². The minimum absolute atomic E-state index is 0.0344. The molecule has 1 aliphatic rings. The van der Waals surface area contributed by atoms with E-state index in [1.807, 2.05) is 12.1 Å². The highest BCUT2D eigenvalue weighted by Gasteiger charge is 2.35. The fourth-order valence-electron chi connectivity index (χ4n) is 2.84. The summed E-state index contributed by atoms with van der Waals surface area (Å²) in [5.74, 6) is 1.23. The molecule has 0 radical (unpaired) electrons. The second-order valence-corrected chi connectivity index (χ2v) is 5.67. The minimum Gasteiger partial charge on any atom is -0.493 e. The van der Waals surface area contributed by atoms with Crippen molar-refractivity contribution in [2.75, 3.05) is 19.0 Å². The number of hydrogen-bond donors (Lipinski definition) is 1. The molecule has 1 heterocycles. The lowest BCUT2D eigenvalue weighted by atomic mass is 10.0. The molecular formula is C18H15F3N2O2. The van der Waals surface area contributed by atoms with Crippen molar-refractivity contribution in [1.29, 1.82) is 5.26 Å². The number of ether oxygens (including phenoxy) is 2. The molecule has 0 saturated carbocycles. The van der Waals surface area contributed by atoms with Gasteiger partial charge in [-0.05, 0) is 30.7 Å². The van der Waals surface area contributed by atoms with Gasteiger partial charge < -0.3 is 14.8 Å². The highest BCUT2D eigenvalue weighted by atomic mass is 19.4. The first-order valence-corrected chi connectivity index (χ1v) is 7.59. The van der Waals surface area contributed by atoms with Crippen molar-refractivity contribution < 1.29 is 22.6 Å². The average Bonchev–Trinajstić information content (AvgIpc) is 2.60. The molecule has 0 bridgehead atoms. The average molecular weight is 348 g/mol. The van der Waals surface area contributed by atoms with Gasteiger partial charge in [0, 0.05) is 11.3 Å². The van der Waals surface area contributed by atoms with Crippen molar-refractivity contribution in [2.24, 2.45) is 0 Å². The third kappa shape index (κ3) is 3.48. The predicted molar refractivity (Wildman–Crippen MR) is 85.8 cm³/mol. The van der Waals surface area contributed by atoms with Gasteiger partial charge in [0.1, 0.15) is 6.61 Å². The predicted octanol–water partition coefficient (Wildman–Crippen LogP) is 4.00. The molecule has 1 atom stereocenters. The number of rotatable bonds is 3. The van der Waals surface area contributed by atoms with Gasteiger partial charge in [0.25, 0.3) is 0 Å². The zero-order valence-electron chi connectivity index (χ0n) is 13.4. The largest absolute Gasteiger partial charge is 0.493 e. The highest BCUT2D eigenvalue weighted by molar-refractivity contribution is 5.57. The Morgan fingerprint density at radius 3 is 2.76 bits per heavy atom. The summed E-state index contributed by atoms with van der Waals surface area (Å²) in [5.41, 5.74) is -0.0902. The smallest absolute Gasteiger partial charge is 0.418 e. The first-order valence-electron chi connectivity index (χ1n) is 7.59. The first-order chi connectivity index (χ1) is 11.9. The molecule has 1 N–H and O–H groups in total. The normalized spacial score (nSPS) is 16.4. The van der Waals surface area contributed by atoms with Crippen molar-refractivity contribution in [3.63, 3.8) is 0 Å². The van der Waals surface area contributed by atoms with E-state index in [0.717, 1.165) is 11.6 Å². The number of nitrogens with zero attached hydrogens (tertiary/aromatic N) is 1. The molecule has 0 unspecified atom stereocenters. The van der Waals surface area contributed by atoms with E-state index in [-0.39, 0.29) is 23.9 Å². The maximum Gasteiger partial charge on any atom is 0.418 e. The van der Waals surface area contributed by atoms with Crippen LogP contribution in [0.1, 0.15) is 16.7 Å². The number of hydrogen-bond acceptors (Lipinski definition) is 4. The maximum atomic E-state index is 13.3. The lowest BCUT2D eigenvalue weighted by Crippen LogP contribution is -2.34. The summed E-state index contributed by atoms with van der Waals surface area (Å²) in [6.07, 6.45) is -4.05. The Kier molecular flexibility index (Phi) is 4.45. The summed E-state index contributed by atoms with van der Waals surface area (Å²) in [6.45, 7) is 0.213. The minimum atomic E-state index is -4.55. The topological polar surface area (TPSA) is 54.3 Å². The Bertz CT molecular complexity index is 828. The molecule has 2 aromatic rings. The molecule has 7 heteroatoms.